The van der Waals surface area contributed by atoms with E-state index in [-0.39, 0.29) is 25.0 Å². The fourth-order valence-electron chi connectivity index (χ4n) is 3.00. The van der Waals surface area contributed by atoms with Crippen molar-refractivity contribution < 1.29 is 9.13 Å². The SMILES string of the molecule is COc1ccc(CN(CCN=C(N)N)c2nc(=O)n(Cc3ccc(F)cc3)c(=O)[nH]2)cc1. The summed E-state index contributed by atoms with van der Waals surface area (Å²) < 4.78 is 19.2. The summed E-state index contributed by atoms with van der Waals surface area (Å²) in [4.78, 5) is 37.6. The molecule has 3 aromatic rings. The number of methoxy groups -OCH3 is 1. The fraction of sp³-hybridized carbons (Fsp3) is 0.238. The highest BCUT2D eigenvalue weighted by Crippen LogP contribution is 2.15. The summed E-state index contributed by atoms with van der Waals surface area (Å²) in [5.41, 5.74) is 10.9. The van der Waals surface area contributed by atoms with Gasteiger partial charge in [0, 0.05) is 13.1 Å². The first-order valence-electron chi connectivity index (χ1n) is 9.74. The van der Waals surface area contributed by atoms with Crippen molar-refractivity contribution in [1.82, 2.24) is 14.5 Å². The van der Waals surface area contributed by atoms with Crippen LogP contribution in [0.2, 0.25) is 0 Å². The third-order valence-electron chi connectivity index (χ3n) is 4.65. The van der Waals surface area contributed by atoms with Crippen LogP contribution in [0.15, 0.2) is 63.1 Å². The van der Waals surface area contributed by atoms with E-state index in [0.29, 0.717) is 24.4 Å². The number of benzene rings is 2. The Hall–Kier alpha value is -4.15. The number of nitrogens with zero attached hydrogens (tertiary/aromatic N) is 4. The summed E-state index contributed by atoms with van der Waals surface area (Å²) in [6.45, 7) is 0.845. The zero-order valence-corrected chi connectivity index (χ0v) is 17.5. The maximum atomic E-state index is 13.1. The number of H-pyrrole nitrogens is 1. The molecule has 0 saturated heterocycles. The zero-order chi connectivity index (χ0) is 23.1. The Morgan fingerprint density at radius 3 is 2.38 bits per heavy atom. The molecule has 1 heterocycles. The van der Waals surface area contributed by atoms with Gasteiger partial charge in [0.1, 0.15) is 11.6 Å². The maximum absolute atomic E-state index is 13.1. The Kier molecular flexibility index (Phi) is 7.21. The Morgan fingerprint density at radius 2 is 1.78 bits per heavy atom. The average Bonchev–Trinajstić information content (AvgIpc) is 2.77. The molecule has 10 nitrogen and oxygen atoms in total. The summed E-state index contributed by atoms with van der Waals surface area (Å²) in [6.07, 6.45) is 0. The minimum Gasteiger partial charge on any atom is -0.497 e. The van der Waals surface area contributed by atoms with Crippen molar-refractivity contribution >= 4 is 11.9 Å². The normalized spacial score (nSPS) is 10.6. The first-order chi connectivity index (χ1) is 15.4. The van der Waals surface area contributed by atoms with Gasteiger partial charge < -0.3 is 21.1 Å². The van der Waals surface area contributed by atoms with Gasteiger partial charge >= 0.3 is 11.4 Å². The second kappa shape index (κ2) is 10.2. The molecular weight excluding hydrogens is 417 g/mol. The molecule has 0 saturated carbocycles. The molecule has 1 aromatic heterocycles. The highest BCUT2D eigenvalue weighted by molar-refractivity contribution is 5.75. The molecule has 32 heavy (non-hydrogen) atoms. The summed E-state index contributed by atoms with van der Waals surface area (Å²) in [5.74, 6) is 0.330. The van der Waals surface area contributed by atoms with Crippen LogP contribution in [0.4, 0.5) is 10.3 Å². The topological polar surface area (TPSA) is 145 Å². The van der Waals surface area contributed by atoms with Crippen molar-refractivity contribution in [3.05, 3.63) is 86.4 Å². The van der Waals surface area contributed by atoms with Crippen LogP contribution in [0, 0.1) is 5.82 Å². The van der Waals surface area contributed by atoms with Crippen LogP contribution in [-0.2, 0) is 13.1 Å². The number of guanidine groups is 1. The molecular formula is C21H24FN7O3. The number of aromatic amines is 1. The predicted octanol–water partition coefficient (Wildman–Crippen LogP) is 0.408. The van der Waals surface area contributed by atoms with Gasteiger partial charge in [-0.25, -0.2) is 18.5 Å². The second-order valence-electron chi connectivity index (χ2n) is 6.94. The Morgan fingerprint density at radius 1 is 1.12 bits per heavy atom. The van der Waals surface area contributed by atoms with Gasteiger partial charge in [-0.15, -0.1) is 0 Å². The van der Waals surface area contributed by atoms with Crippen LogP contribution in [0.3, 0.4) is 0 Å². The molecule has 3 rings (SSSR count). The van der Waals surface area contributed by atoms with Crippen LogP contribution >= 0.6 is 0 Å². The third kappa shape index (κ3) is 5.94. The van der Waals surface area contributed by atoms with Gasteiger partial charge in [-0.3, -0.25) is 9.98 Å². The van der Waals surface area contributed by atoms with E-state index in [9.17, 15) is 14.0 Å². The van der Waals surface area contributed by atoms with E-state index in [1.165, 1.54) is 24.3 Å². The van der Waals surface area contributed by atoms with Crippen molar-refractivity contribution in [3.8, 4) is 5.75 Å². The van der Waals surface area contributed by atoms with E-state index in [2.05, 4.69) is 15.0 Å². The Bertz CT molecular complexity index is 1150. The van der Waals surface area contributed by atoms with Gasteiger partial charge in [-0.2, -0.15) is 4.98 Å². The minimum atomic E-state index is -0.727. The van der Waals surface area contributed by atoms with E-state index in [1.54, 1.807) is 24.1 Å². The zero-order valence-electron chi connectivity index (χ0n) is 17.5. The number of halogens is 1. The minimum absolute atomic E-state index is 0.0335. The summed E-state index contributed by atoms with van der Waals surface area (Å²) >= 11 is 0. The number of aromatic nitrogens is 3. The van der Waals surface area contributed by atoms with Gasteiger partial charge in [0.05, 0.1) is 20.2 Å². The van der Waals surface area contributed by atoms with E-state index >= 15 is 0 Å². The van der Waals surface area contributed by atoms with Crippen LogP contribution in [0.1, 0.15) is 11.1 Å². The summed E-state index contributed by atoms with van der Waals surface area (Å²) in [5, 5.41) is 0. The number of rotatable bonds is 9. The number of anilines is 1. The monoisotopic (exact) mass is 441 g/mol. The lowest BCUT2D eigenvalue weighted by Gasteiger charge is -2.22. The van der Waals surface area contributed by atoms with E-state index in [1.807, 2.05) is 12.1 Å². The molecule has 0 aliphatic carbocycles. The standard InChI is InChI=1S/C21H24FN7O3/c1-32-17-8-4-14(5-9-17)12-28(11-10-25-18(23)24)19-26-20(30)29(21(31)27-19)13-15-2-6-16(22)7-3-15/h2-9H,10-13H2,1H3,(H4,23,24,25)(H,26,27,30,31). The lowest BCUT2D eigenvalue weighted by molar-refractivity contribution is 0.414. The molecule has 11 heteroatoms. The summed E-state index contributed by atoms with van der Waals surface area (Å²) in [7, 11) is 1.58. The van der Waals surface area contributed by atoms with Crippen molar-refractivity contribution in [3.63, 3.8) is 0 Å². The first kappa shape index (κ1) is 22.5. The molecule has 0 radical (unpaired) electrons. The molecule has 0 amide bonds. The number of hydrogen-bond acceptors (Lipinski definition) is 6. The first-order valence-corrected chi connectivity index (χ1v) is 9.74. The van der Waals surface area contributed by atoms with E-state index in [0.717, 1.165) is 10.1 Å². The highest BCUT2D eigenvalue weighted by atomic mass is 19.1. The lowest BCUT2D eigenvalue weighted by Crippen LogP contribution is -2.41. The number of ether oxygens (including phenoxy) is 1. The molecule has 5 N–H and O–H groups in total. The largest absolute Gasteiger partial charge is 0.497 e. The second-order valence-corrected chi connectivity index (χ2v) is 6.94. The van der Waals surface area contributed by atoms with E-state index < -0.39 is 17.2 Å². The molecule has 0 aliphatic heterocycles. The van der Waals surface area contributed by atoms with Gasteiger partial charge in [-0.1, -0.05) is 24.3 Å². The number of hydrogen-bond donors (Lipinski definition) is 3. The van der Waals surface area contributed by atoms with Crippen LogP contribution < -0.4 is 32.5 Å². The molecule has 0 unspecified atom stereocenters. The summed E-state index contributed by atoms with van der Waals surface area (Å²) in [6, 6.07) is 12.9. The molecule has 0 bridgehead atoms. The number of aliphatic imine (C=N–C) groups is 1. The smallest absolute Gasteiger partial charge is 0.355 e. The number of nitrogens with one attached hydrogen (secondary N) is 1. The van der Waals surface area contributed by atoms with Gasteiger partial charge in [0.2, 0.25) is 5.95 Å². The molecule has 0 aliphatic rings. The fourth-order valence-corrected chi connectivity index (χ4v) is 3.00. The Labute approximate surface area is 183 Å². The van der Waals surface area contributed by atoms with Gasteiger partial charge in [0.25, 0.3) is 0 Å². The molecule has 2 aromatic carbocycles. The van der Waals surface area contributed by atoms with Crippen LogP contribution in [-0.4, -0.2) is 40.7 Å². The third-order valence-corrected chi connectivity index (χ3v) is 4.65. The average molecular weight is 441 g/mol. The predicted molar refractivity (Wildman–Crippen MR) is 119 cm³/mol. The molecule has 0 spiro atoms. The van der Waals surface area contributed by atoms with Crippen LogP contribution in [0.5, 0.6) is 5.75 Å². The van der Waals surface area contributed by atoms with Gasteiger partial charge in [-0.05, 0) is 35.4 Å². The lowest BCUT2D eigenvalue weighted by atomic mass is 10.2. The Balaban J connectivity index is 1.88. The van der Waals surface area contributed by atoms with Crippen molar-refractivity contribution in [2.45, 2.75) is 13.1 Å². The van der Waals surface area contributed by atoms with Gasteiger partial charge in [0.15, 0.2) is 5.96 Å². The molecule has 0 fully saturated rings. The number of nitrogens with two attached hydrogens (primary N) is 2. The van der Waals surface area contributed by atoms with Crippen molar-refractivity contribution in [2.75, 3.05) is 25.1 Å². The molecule has 0 atom stereocenters. The van der Waals surface area contributed by atoms with E-state index in [4.69, 9.17) is 16.2 Å². The quantitative estimate of drug-likeness (QED) is 0.322. The van der Waals surface area contributed by atoms with Crippen molar-refractivity contribution in [2.24, 2.45) is 16.5 Å². The van der Waals surface area contributed by atoms with Crippen molar-refractivity contribution in [1.29, 1.82) is 0 Å². The molecule has 168 valence electrons. The van der Waals surface area contributed by atoms with Crippen LogP contribution in [0.25, 0.3) is 0 Å². The maximum Gasteiger partial charge on any atom is 0.355 e. The highest BCUT2D eigenvalue weighted by Gasteiger charge is 2.14.